The molecule has 5 aromatic rings. The van der Waals surface area contributed by atoms with Gasteiger partial charge in [0, 0.05) is 74.6 Å². The Bertz CT molecular complexity index is 2050. The van der Waals surface area contributed by atoms with Crippen molar-refractivity contribution in [2.75, 3.05) is 51.3 Å². The van der Waals surface area contributed by atoms with Crippen LogP contribution in [0.1, 0.15) is 28.9 Å². The Morgan fingerprint density at radius 3 is 2.53 bits per heavy atom. The number of nitrogens with zero attached hydrogens (tertiary/aromatic N) is 7. The minimum Gasteiger partial charge on any atom is -0.493 e. The summed E-state index contributed by atoms with van der Waals surface area (Å²) >= 11 is 0. The number of pyridine rings is 1. The van der Waals surface area contributed by atoms with Crippen LogP contribution in [0.15, 0.2) is 67.1 Å². The van der Waals surface area contributed by atoms with Crippen LogP contribution < -0.4 is 9.64 Å². The number of piperazine rings is 1. The number of fused-ring (bicyclic) bond motifs is 1. The number of methoxy groups -OCH3 is 1. The fraction of sp³-hybridized carbons (Fsp3) is 0.286. The lowest BCUT2D eigenvalue weighted by atomic mass is 9.93. The third-order valence-electron chi connectivity index (χ3n) is 9.04. The molecule has 252 valence electrons. The molecule has 7 rings (SSSR count). The predicted molar refractivity (Wildman–Crippen MR) is 176 cm³/mol. The summed E-state index contributed by atoms with van der Waals surface area (Å²) in [5.41, 5.74) is 0.933. The molecule has 11 nitrogen and oxygen atoms in total. The zero-order chi connectivity index (χ0) is 34.1. The van der Waals surface area contributed by atoms with Crippen LogP contribution in [0.3, 0.4) is 0 Å². The Balaban J connectivity index is 1.19. The van der Waals surface area contributed by atoms with Gasteiger partial charge in [0.25, 0.3) is 5.91 Å². The van der Waals surface area contributed by atoms with E-state index in [9.17, 15) is 14.0 Å². The van der Waals surface area contributed by atoms with Crippen LogP contribution in [0.4, 0.5) is 19.0 Å². The second-order valence-electron chi connectivity index (χ2n) is 11.9. The quantitative estimate of drug-likeness (QED) is 0.250. The number of hydrogen-bond donors (Lipinski definition) is 1. The van der Waals surface area contributed by atoms with Gasteiger partial charge < -0.3 is 24.4 Å². The van der Waals surface area contributed by atoms with Crippen molar-refractivity contribution in [1.29, 1.82) is 0 Å². The van der Waals surface area contributed by atoms with Crippen LogP contribution in [-0.4, -0.2) is 93.0 Å². The summed E-state index contributed by atoms with van der Waals surface area (Å²) in [5.74, 6) is -1.94. The van der Waals surface area contributed by atoms with Crippen molar-refractivity contribution in [3.8, 4) is 16.9 Å². The lowest BCUT2D eigenvalue weighted by Gasteiger charge is -2.35. The average molecular weight is 671 g/mol. The Morgan fingerprint density at radius 2 is 1.76 bits per heavy atom. The first-order valence-electron chi connectivity index (χ1n) is 16.0. The Kier molecular flexibility index (Phi) is 8.76. The molecule has 1 fully saturated rings. The Hall–Kier alpha value is -5.66. The van der Waals surface area contributed by atoms with Gasteiger partial charge in [-0.1, -0.05) is 23.4 Å². The van der Waals surface area contributed by atoms with Crippen LogP contribution in [0.5, 0.6) is 5.75 Å². The van der Waals surface area contributed by atoms with Gasteiger partial charge in [-0.15, -0.1) is 5.10 Å². The summed E-state index contributed by atoms with van der Waals surface area (Å²) in [4.78, 5) is 39.6. The largest absolute Gasteiger partial charge is 0.493 e. The SMILES string of the molecule is COc1cccnc1N1CCN(C(=O)c2cc3c(-c4cccc(F)c4F)cc(C4=CCCN(C(=O)CCn5ccnn5)C4)c(F)c3[nH]2)CC1. The maximum atomic E-state index is 16.5. The highest BCUT2D eigenvalue weighted by atomic mass is 19.2. The molecule has 0 spiro atoms. The molecule has 0 saturated carbocycles. The highest BCUT2D eigenvalue weighted by molar-refractivity contribution is 6.04. The second-order valence-corrected chi connectivity index (χ2v) is 11.9. The number of carbonyl (C=O) groups is 2. The molecule has 14 heteroatoms. The third-order valence-corrected chi connectivity index (χ3v) is 9.04. The van der Waals surface area contributed by atoms with Crippen molar-refractivity contribution in [2.24, 2.45) is 0 Å². The molecule has 3 aromatic heterocycles. The molecule has 2 aliphatic rings. The number of carbonyl (C=O) groups excluding carboxylic acids is 2. The number of H-pyrrole nitrogens is 1. The number of ether oxygens (including phenoxy) is 1. The van der Waals surface area contributed by atoms with Gasteiger partial charge in [-0.2, -0.15) is 0 Å². The van der Waals surface area contributed by atoms with Gasteiger partial charge in [0.15, 0.2) is 29.0 Å². The van der Waals surface area contributed by atoms with Gasteiger partial charge in [0.2, 0.25) is 5.91 Å². The summed E-state index contributed by atoms with van der Waals surface area (Å²) in [6.07, 6.45) is 7.40. The molecular weight excluding hydrogens is 637 g/mol. The molecule has 1 saturated heterocycles. The van der Waals surface area contributed by atoms with Gasteiger partial charge in [-0.05, 0) is 47.9 Å². The highest BCUT2D eigenvalue weighted by Crippen LogP contribution is 2.38. The average Bonchev–Trinajstić information content (AvgIpc) is 3.83. The first kappa shape index (κ1) is 31.9. The molecule has 2 aromatic carbocycles. The fourth-order valence-electron chi connectivity index (χ4n) is 6.49. The third kappa shape index (κ3) is 6.21. The predicted octanol–water partition coefficient (Wildman–Crippen LogP) is 4.92. The van der Waals surface area contributed by atoms with E-state index < -0.39 is 17.5 Å². The van der Waals surface area contributed by atoms with Crippen LogP contribution in [0.25, 0.3) is 27.6 Å². The zero-order valence-corrected chi connectivity index (χ0v) is 26.7. The normalized spacial score (nSPS) is 15.1. The van der Waals surface area contributed by atoms with E-state index in [2.05, 4.69) is 20.3 Å². The Labute approximate surface area is 279 Å². The monoisotopic (exact) mass is 670 g/mol. The van der Waals surface area contributed by atoms with E-state index in [1.807, 2.05) is 17.0 Å². The second kappa shape index (κ2) is 13.5. The minimum atomic E-state index is -1.08. The topological polar surface area (TPSA) is 112 Å². The lowest BCUT2D eigenvalue weighted by molar-refractivity contribution is -0.131. The summed E-state index contributed by atoms with van der Waals surface area (Å²) in [7, 11) is 1.58. The number of rotatable bonds is 8. The Morgan fingerprint density at radius 1 is 0.918 bits per heavy atom. The van der Waals surface area contributed by atoms with E-state index in [0.717, 1.165) is 6.07 Å². The van der Waals surface area contributed by atoms with Crippen molar-refractivity contribution in [3.05, 3.63) is 95.8 Å². The first-order chi connectivity index (χ1) is 23.8. The smallest absolute Gasteiger partial charge is 0.270 e. The number of aryl methyl sites for hydroxylation is 1. The van der Waals surface area contributed by atoms with Crippen molar-refractivity contribution < 1.29 is 27.5 Å². The molecule has 1 N–H and O–H groups in total. The number of anilines is 1. The maximum Gasteiger partial charge on any atom is 0.270 e. The maximum absolute atomic E-state index is 16.5. The van der Waals surface area contributed by atoms with E-state index in [4.69, 9.17) is 4.74 Å². The fourth-order valence-corrected chi connectivity index (χ4v) is 6.49. The summed E-state index contributed by atoms with van der Waals surface area (Å²) in [5, 5.41) is 7.89. The van der Waals surface area contributed by atoms with Gasteiger partial charge >= 0.3 is 0 Å². The summed E-state index contributed by atoms with van der Waals surface area (Å²) < 4.78 is 53.3. The van der Waals surface area contributed by atoms with Crippen molar-refractivity contribution in [1.82, 2.24) is 34.8 Å². The van der Waals surface area contributed by atoms with E-state index in [-0.39, 0.29) is 58.1 Å². The highest BCUT2D eigenvalue weighted by Gasteiger charge is 2.29. The van der Waals surface area contributed by atoms with E-state index in [1.165, 1.54) is 30.5 Å². The van der Waals surface area contributed by atoms with Crippen LogP contribution in [-0.2, 0) is 11.3 Å². The van der Waals surface area contributed by atoms with Gasteiger partial charge in [-0.25, -0.2) is 18.2 Å². The standard InChI is InChI=1S/C35H33F3N8O3/c1-49-29-8-3-10-39-34(29)43-15-17-44(18-16-43)35(48)28-20-26-25(23-6-2-7-27(36)31(23)37)19-24(32(38)33(26)41-28)22-5-4-12-45(21-22)30(47)9-13-46-14-11-40-42-46/h2-3,5-8,10-11,14,19-20,41H,4,9,12-13,15-18,21H2,1H3. The van der Waals surface area contributed by atoms with Gasteiger partial charge in [-0.3, -0.25) is 14.3 Å². The number of aromatic amines is 1. The summed E-state index contributed by atoms with van der Waals surface area (Å²) in [6.45, 7) is 2.68. The molecule has 0 bridgehead atoms. The number of halogens is 3. The number of aromatic nitrogens is 5. The lowest BCUT2D eigenvalue weighted by Crippen LogP contribution is -2.49. The molecule has 2 amide bonds. The molecule has 0 aliphatic carbocycles. The van der Waals surface area contributed by atoms with E-state index in [0.29, 0.717) is 62.8 Å². The molecular formula is C35H33F3N8O3. The molecule has 0 radical (unpaired) electrons. The van der Waals surface area contributed by atoms with Crippen LogP contribution in [0.2, 0.25) is 0 Å². The van der Waals surface area contributed by atoms with Crippen molar-refractivity contribution >= 4 is 34.1 Å². The number of hydrogen-bond acceptors (Lipinski definition) is 7. The molecule has 2 aliphatic heterocycles. The van der Waals surface area contributed by atoms with Crippen LogP contribution in [0, 0.1) is 17.5 Å². The number of benzene rings is 2. The number of amides is 2. The van der Waals surface area contributed by atoms with Crippen LogP contribution >= 0.6 is 0 Å². The molecule has 0 unspecified atom stereocenters. The first-order valence-corrected chi connectivity index (χ1v) is 16.0. The molecule has 0 atom stereocenters. The zero-order valence-electron chi connectivity index (χ0n) is 26.7. The molecule has 49 heavy (non-hydrogen) atoms. The summed E-state index contributed by atoms with van der Waals surface area (Å²) in [6, 6.07) is 10.4. The van der Waals surface area contributed by atoms with Gasteiger partial charge in [0.1, 0.15) is 5.69 Å². The van der Waals surface area contributed by atoms with E-state index >= 15 is 8.78 Å². The minimum absolute atomic E-state index is 0.00750. The number of nitrogens with one attached hydrogen (secondary N) is 1. The van der Waals surface area contributed by atoms with Crippen molar-refractivity contribution in [3.63, 3.8) is 0 Å². The van der Waals surface area contributed by atoms with Crippen molar-refractivity contribution in [2.45, 2.75) is 19.4 Å². The van der Waals surface area contributed by atoms with E-state index in [1.54, 1.807) is 40.1 Å². The van der Waals surface area contributed by atoms with Gasteiger partial charge in [0.05, 0.1) is 25.4 Å². The molecule has 5 heterocycles.